The molecule has 0 aliphatic rings. The van der Waals surface area contributed by atoms with Gasteiger partial charge < -0.3 is 18.9 Å². The van der Waals surface area contributed by atoms with Gasteiger partial charge in [-0.15, -0.1) is 0 Å². The van der Waals surface area contributed by atoms with E-state index in [1.54, 1.807) is 49.6 Å². The van der Waals surface area contributed by atoms with Crippen molar-refractivity contribution in [1.82, 2.24) is 0 Å². The van der Waals surface area contributed by atoms with Crippen molar-refractivity contribution in [2.45, 2.75) is 32.1 Å². The number of hydrogen-bond donors (Lipinski definition) is 0. The van der Waals surface area contributed by atoms with Crippen molar-refractivity contribution in [3.05, 3.63) is 71.8 Å². The third-order valence-electron chi connectivity index (χ3n) is 4.81. The molecule has 0 atom stereocenters. The molecule has 0 saturated carbocycles. The van der Waals surface area contributed by atoms with Gasteiger partial charge in [-0.1, -0.05) is 12.6 Å². The van der Waals surface area contributed by atoms with E-state index in [1.807, 2.05) is 0 Å². The van der Waals surface area contributed by atoms with Gasteiger partial charge in [0.05, 0.1) is 30.9 Å². The van der Waals surface area contributed by atoms with Crippen molar-refractivity contribution in [3.8, 4) is 11.5 Å². The SMILES string of the molecule is C=CC(=O)OCCCCCCOc1ccc(C(=O)Oc2ccc(CCOC)cc2C=O)cc1. The Kier molecular flexibility index (Phi) is 11.4. The van der Waals surface area contributed by atoms with Crippen molar-refractivity contribution in [3.63, 3.8) is 0 Å². The van der Waals surface area contributed by atoms with Crippen LogP contribution in [-0.4, -0.2) is 45.2 Å². The van der Waals surface area contributed by atoms with E-state index in [0.29, 0.717) is 49.4 Å². The second kappa shape index (κ2) is 14.6. The highest BCUT2D eigenvalue weighted by Gasteiger charge is 2.12. The van der Waals surface area contributed by atoms with Gasteiger partial charge in [0.25, 0.3) is 0 Å². The molecular formula is C26H30O7. The molecule has 0 aliphatic heterocycles. The van der Waals surface area contributed by atoms with Crippen LogP contribution in [0.5, 0.6) is 11.5 Å². The van der Waals surface area contributed by atoms with E-state index in [-0.39, 0.29) is 5.75 Å². The van der Waals surface area contributed by atoms with Crippen LogP contribution in [0.25, 0.3) is 0 Å². The molecule has 0 fully saturated rings. The maximum atomic E-state index is 12.5. The quantitative estimate of drug-likeness (QED) is 0.128. The molecule has 176 valence electrons. The summed E-state index contributed by atoms with van der Waals surface area (Å²) in [6, 6.07) is 11.8. The normalized spacial score (nSPS) is 10.3. The molecule has 0 unspecified atom stereocenters. The fourth-order valence-electron chi connectivity index (χ4n) is 2.98. The highest BCUT2D eigenvalue weighted by atomic mass is 16.5. The zero-order valence-electron chi connectivity index (χ0n) is 18.9. The third-order valence-corrected chi connectivity index (χ3v) is 4.81. The summed E-state index contributed by atoms with van der Waals surface area (Å²) in [7, 11) is 1.61. The predicted molar refractivity (Wildman–Crippen MR) is 124 cm³/mol. The summed E-state index contributed by atoms with van der Waals surface area (Å²) in [6.07, 6.45) is 6.06. The van der Waals surface area contributed by atoms with E-state index in [9.17, 15) is 14.4 Å². The zero-order valence-corrected chi connectivity index (χ0v) is 18.9. The Morgan fingerprint density at radius 1 is 0.939 bits per heavy atom. The Balaban J connectivity index is 1.76. The van der Waals surface area contributed by atoms with Crippen molar-refractivity contribution >= 4 is 18.2 Å². The number of esters is 2. The summed E-state index contributed by atoms with van der Waals surface area (Å²) >= 11 is 0. The second-order valence-electron chi connectivity index (χ2n) is 7.28. The minimum absolute atomic E-state index is 0.218. The van der Waals surface area contributed by atoms with Crippen LogP contribution in [0.2, 0.25) is 0 Å². The predicted octanol–water partition coefficient (Wildman–Crippen LogP) is 4.58. The van der Waals surface area contributed by atoms with Gasteiger partial charge in [-0.25, -0.2) is 9.59 Å². The van der Waals surface area contributed by atoms with E-state index in [2.05, 4.69) is 6.58 Å². The van der Waals surface area contributed by atoms with Gasteiger partial charge in [-0.05, 0) is 74.1 Å². The lowest BCUT2D eigenvalue weighted by Gasteiger charge is -2.10. The van der Waals surface area contributed by atoms with Crippen molar-refractivity contribution in [2.24, 2.45) is 0 Å². The number of ether oxygens (including phenoxy) is 4. The van der Waals surface area contributed by atoms with Gasteiger partial charge in [0, 0.05) is 13.2 Å². The largest absolute Gasteiger partial charge is 0.494 e. The molecule has 0 radical (unpaired) electrons. The van der Waals surface area contributed by atoms with E-state index in [1.165, 1.54) is 0 Å². The maximum Gasteiger partial charge on any atom is 0.343 e. The van der Waals surface area contributed by atoms with Crippen LogP contribution in [0.3, 0.4) is 0 Å². The number of methoxy groups -OCH3 is 1. The molecule has 7 nitrogen and oxygen atoms in total. The molecule has 0 aliphatic carbocycles. The fraction of sp³-hybridized carbons (Fsp3) is 0.346. The minimum atomic E-state index is -0.550. The highest BCUT2D eigenvalue weighted by Crippen LogP contribution is 2.21. The van der Waals surface area contributed by atoms with E-state index in [0.717, 1.165) is 37.3 Å². The van der Waals surface area contributed by atoms with Crippen molar-refractivity contribution in [1.29, 1.82) is 0 Å². The average molecular weight is 455 g/mol. The summed E-state index contributed by atoms with van der Waals surface area (Å²) < 4.78 is 21.1. The van der Waals surface area contributed by atoms with Gasteiger partial charge in [-0.3, -0.25) is 4.79 Å². The molecule has 2 aromatic carbocycles. The molecule has 0 saturated heterocycles. The monoisotopic (exact) mass is 454 g/mol. The van der Waals surface area contributed by atoms with Crippen LogP contribution in [-0.2, 0) is 20.7 Å². The van der Waals surface area contributed by atoms with Gasteiger partial charge >= 0.3 is 11.9 Å². The first-order chi connectivity index (χ1) is 16.1. The second-order valence-corrected chi connectivity index (χ2v) is 7.28. The zero-order chi connectivity index (χ0) is 23.9. The first-order valence-electron chi connectivity index (χ1n) is 10.9. The molecule has 0 bridgehead atoms. The summed E-state index contributed by atoms with van der Waals surface area (Å²) in [5.74, 6) is -0.0737. The number of rotatable bonds is 15. The van der Waals surface area contributed by atoms with E-state index < -0.39 is 11.9 Å². The summed E-state index contributed by atoms with van der Waals surface area (Å²) in [5.41, 5.74) is 1.60. The van der Waals surface area contributed by atoms with Gasteiger partial charge in [0.15, 0.2) is 6.29 Å². The molecule has 2 aromatic rings. The molecular weight excluding hydrogens is 424 g/mol. The van der Waals surface area contributed by atoms with Gasteiger partial charge in [-0.2, -0.15) is 0 Å². The lowest BCUT2D eigenvalue weighted by Crippen LogP contribution is -2.10. The summed E-state index contributed by atoms with van der Waals surface area (Å²) in [6.45, 7) is 4.84. The van der Waals surface area contributed by atoms with Crippen molar-refractivity contribution in [2.75, 3.05) is 26.9 Å². The lowest BCUT2D eigenvalue weighted by atomic mass is 10.1. The van der Waals surface area contributed by atoms with Crippen LogP contribution in [0.15, 0.2) is 55.1 Å². The Labute approximate surface area is 194 Å². The molecule has 0 heterocycles. The molecule has 2 rings (SSSR count). The minimum Gasteiger partial charge on any atom is -0.494 e. The first kappa shape index (κ1) is 25.8. The highest BCUT2D eigenvalue weighted by molar-refractivity contribution is 5.92. The van der Waals surface area contributed by atoms with Crippen molar-refractivity contribution < 1.29 is 33.3 Å². The topological polar surface area (TPSA) is 88.1 Å². The number of unbranched alkanes of at least 4 members (excludes halogenated alkanes) is 3. The summed E-state index contributed by atoms with van der Waals surface area (Å²) in [5, 5.41) is 0. The van der Waals surface area contributed by atoms with E-state index >= 15 is 0 Å². The fourth-order valence-corrected chi connectivity index (χ4v) is 2.98. The van der Waals surface area contributed by atoms with E-state index in [4.69, 9.17) is 18.9 Å². The van der Waals surface area contributed by atoms with Gasteiger partial charge in [0.2, 0.25) is 0 Å². The Morgan fingerprint density at radius 3 is 2.33 bits per heavy atom. The van der Waals surface area contributed by atoms with Crippen LogP contribution in [0.1, 0.15) is 52.0 Å². The average Bonchev–Trinajstić information content (AvgIpc) is 2.85. The Hall–Kier alpha value is -3.45. The number of carbonyl (C=O) groups excluding carboxylic acids is 3. The molecule has 0 amide bonds. The summed E-state index contributed by atoms with van der Waals surface area (Å²) in [4.78, 5) is 34.8. The molecule has 33 heavy (non-hydrogen) atoms. The van der Waals surface area contributed by atoms with Crippen LogP contribution >= 0.6 is 0 Å². The maximum absolute atomic E-state index is 12.5. The first-order valence-corrected chi connectivity index (χ1v) is 10.9. The molecule has 7 heteroatoms. The number of carbonyl (C=O) groups is 3. The smallest absolute Gasteiger partial charge is 0.343 e. The molecule has 0 N–H and O–H groups in total. The number of benzene rings is 2. The Morgan fingerprint density at radius 2 is 1.67 bits per heavy atom. The standard InChI is InChI=1S/C26H30O7/c1-3-25(28)32-16-7-5-4-6-15-31-23-11-9-21(10-12-23)26(29)33-24-13-8-20(14-17-30-2)18-22(24)19-27/h3,8-13,18-19H,1,4-7,14-17H2,2H3. The van der Waals surface area contributed by atoms with Gasteiger partial charge in [0.1, 0.15) is 11.5 Å². The number of aldehydes is 1. The van der Waals surface area contributed by atoms with Crippen LogP contribution < -0.4 is 9.47 Å². The third kappa shape index (κ3) is 9.29. The van der Waals surface area contributed by atoms with Crippen LogP contribution in [0.4, 0.5) is 0 Å². The lowest BCUT2D eigenvalue weighted by molar-refractivity contribution is -0.137. The molecule has 0 aromatic heterocycles. The Bertz CT molecular complexity index is 919. The number of hydrogen-bond acceptors (Lipinski definition) is 7. The molecule has 0 spiro atoms. The van der Waals surface area contributed by atoms with Crippen LogP contribution in [0, 0.1) is 0 Å².